The maximum absolute atomic E-state index is 13.5. The summed E-state index contributed by atoms with van der Waals surface area (Å²) in [5.41, 5.74) is 0.746. The highest BCUT2D eigenvalue weighted by atomic mass is 79.9. The average molecular weight is 300 g/mol. The zero-order valence-electron chi connectivity index (χ0n) is 10.0. The van der Waals surface area contributed by atoms with E-state index in [1.807, 2.05) is 6.07 Å². The van der Waals surface area contributed by atoms with Crippen LogP contribution in [0.1, 0.15) is 37.7 Å². The van der Waals surface area contributed by atoms with Gasteiger partial charge in [0.1, 0.15) is 5.82 Å². The van der Waals surface area contributed by atoms with Gasteiger partial charge in [0.25, 0.3) is 0 Å². The topological polar surface area (TPSA) is 12.0 Å². The minimum atomic E-state index is -0.121. The Morgan fingerprint density at radius 2 is 2.00 bits per heavy atom. The van der Waals surface area contributed by atoms with Crippen molar-refractivity contribution in [1.82, 2.24) is 5.32 Å². The molecule has 0 radical (unpaired) electrons. The summed E-state index contributed by atoms with van der Waals surface area (Å²) in [6.45, 7) is 1.65. The average Bonchev–Trinajstić information content (AvgIpc) is 2.35. The van der Waals surface area contributed by atoms with E-state index in [1.54, 1.807) is 6.07 Å². The maximum Gasteiger partial charge on any atom is 0.127 e. The van der Waals surface area contributed by atoms with Crippen LogP contribution in [0.3, 0.4) is 0 Å². The van der Waals surface area contributed by atoms with Crippen LogP contribution in [0.2, 0.25) is 0 Å². The molecule has 0 bridgehead atoms. The lowest BCUT2D eigenvalue weighted by Gasteiger charge is -2.21. The van der Waals surface area contributed by atoms with Crippen molar-refractivity contribution in [2.24, 2.45) is 5.92 Å². The molecule has 0 aromatic heterocycles. The smallest absolute Gasteiger partial charge is 0.127 e. The monoisotopic (exact) mass is 299 g/mol. The van der Waals surface area contributed by atoms with Crippen LogP contribution in [0.4, 0.5) is 4.39 Å². The maximum atomic E-state index is 13.5. The van der Waals surface area contributed by atoms with E-state index in [9.17, 15) is 4.39 Å². The Balaban J connectivity index is 1.79. The van der Waals surface area contributed by atoms with Crippen molar-refractivity contribution >= 4 is 15.9 Å². The molecule has 2 rings (SSSR count). The van der Waals surface area contributed by atoms with Gasteiger partial charge in [0, 0.05) is 16.6 Å². The Bertz CT molecular complexity index is 361. The fraction of sp³-hybridized carbons (Fsp3) is 0.571. The SMILES string of the molecule is Fc1ccc(Br)cc1CNCC1CCCCC1. The highest BCUT2D eigenvalue weighted by molar-refractivity contribution is 9.10. The second-order valence-electron chi connectivity index (χ2n) is 4.87. The van der Waals surface area contributed by atoms with Crippen LogP contribution >= 0.6 is 15.9 Å². The van der Waals surface area contributed by atoms with E-state index in [1.165, 1.54) is 38.2 Å². The third-order valence-corrected chi connectivity index (χ3v) is 3.97. The van der Waals surface area contributed by atoms with Crippen LogP contribution in [-0.4, -0.2) is 6.54 Å². The number of hydrogen-bond donors (Lipinski definition) is 1. The van der Waals surface area contributed by atoms with Crippen LogP contribution in [0.5, 0.6) is 0 Å². The predicted molar refractivity (Wildman–Crippen MR) is 72.4 cm³/mol. The van der Waals surface area contributed by atoms with Gasteiger partial charge in [-0.15, -0.1) is 0 Å². The summed E-state index contributed by atoms with van der Waals surface area (Å²) in [6, 6.07) is 5.10. The summed E-state index contributed by atoms with van der Waals surface area (Å²) in [5, 5.41) is 3.38. The molecule has 94 valence electrons. The Kier molecular flexibility index (Phi) is 4.99. The van der Waals surface area contributed by atoms with Crippen LogP contribution in [0, 0.1) is 11.7 Å². The van der Waals surface area contributed by atoms with Gasteiger partial charge < -0.3 is 5.32 Å². The van der Waals surface area contributed by atoms with Gasteiger partial charge in [0.15, 0.2) is 0 Å². The summed E-state index contributed by atoms with van der Waals surface area (Å²) in [7, 11) is 0. The molecular weight excluding hydrogens is 281 g/mol. The van der Waals surface area contributed by atoms with E-state index < -0.39 is 0 Å². The first kappa shape index (κ1) is 13.0. The van der Waals surface area contributed by atoms with Gasteiger partial charge in [-0.1, -0.05) is 35.2 Å². The zero-order valence-corrected chi connectivity index (χ0v) is 11.6. The summed E-state index contributed by atoms with van der Waals surface area (Å²) in [4.78, 5) is 0. The summed E-state index contributed by atoms with van der Waals surface area (Å²) >= 11 is 3.37. The molecule has 0 amide bonds. The first-order valence-electron chi connectivity index (χ1n) is 6.40. The van der Waals surface area contributed by atoms with E-state index in [0.717, 1.165) is 22.5 Å². The quantitative estimate of drug-likeness (QED) is 0.876. The fourth-order valence-corrected chi connectivity index (χ4v) is 2.89. The molecule has 0 aliphatic heterocycles. The van der Waals surface area contributed by atoms with Gasteiger partial charge in [-0.05, 0) is 43.5 Å². The number of hydrogen-bond acceptors (Lipinski definition) is 1. The number of rotatable bonds is 4. The Morgan fingerprint density at radius 1 is 1.24 bits per heavy atom. The van der Waals surface area contributed by atoms with E-state index in [-0.39, 0.29) is 5.82 Å². The molecule has 1 aliphatic rings. The van der Waals surface area contributed by atoms with Crippen molar-refractivity contribution in [3.8, 4) is 0 Å². The Labute approximate surface area is 111 Å². The fourth-order valence-electron chi connectivity index (χ4n) is 2.48. The highest BCUT2D eigenvalue weighted by Crippen LogP contribution is 2.23. The predicted octanol–water partition coefficient (Wildman–Crippen LogP) is 4.26. The molecule has 3 heteroatoms. The van der Waals surface area contributed by atoms with Gasteiger partial charge in [-0.3, -0.25) is 0 Å². The minimum absolute atomic E-state index is 0.121. The lowest BCUT2D eigenvalue weighted by atomic mass is 9.89. The lowest BCUT2D eigenvalue weighted by Crippen LogP contribution is -2.24. The van der Waals surface area contributed by atoms with E-state index >= 15 is 0 Å². The first-order chi connectivity index (χ1) is 8.25. The van der Waals surface area contributed by atoms with Gasteiger partial charge >= 0.3 is 0 Å². The van der Waals surface area contributed by atoms with E-state index in [4.69, 9.17) is 0 Å². The van der Waals surface area contributed by atoms with Crippen molar-refractivity contribution in [3.63, 3.8) is 0 Å². The number of benzene rings is 1. The van der Waals surface area contributed by atoms with Crippen molar-refractivity contribution in [3.05, 3.63) is 34.1 Å². The molecule has 1 aromatic carbocycles. The Hall–Kier alpha value is -0.410. The van der Waals surface area contributed by atoms with Crippen molar-refractivity contribution in [2.45, 2.75) is 38.6 Å². The van der Waals surface area contributed by atoms with Crippen LogP contribution in [-0.2, 0) is 6.54 Å². The molecule has 1 aromatic rings. The summed E-state index contributed by atoms with van der Waals surface area (Å²) < 4.78 is 14.4. The van der Waals surface area contributed by atoms with Gasteiger partial charge in [-0.2, -0.15) is 0 Å². The third-order valence-electron chi connectivity index (χ3n) is 3.48. The first-order valence-corrected chi connectivity index (χ1v) is 7.19. The molecule has 1 saturated carbocycles. The second kappa shape index (κ2) is 6.50. The molecule has 17 heavy (non-hydrogen) atoms. The van der Waals surface area contributed by atoms with Crippen molar-refractivity contribution < 1.29 is 4.39 Å². The lowest BCUT2D eigenvalue weighted by molar-refractivity contribution is 0.341. The van der Waals surface area contributed by atoms with Crippen molar-refractivity contribution in [2.75, 3.05) is 6.54 Å². The molecule has 1 nitrogen and oxygen atoms in total. The molecule has 0 saturated heterocycles. The molecule has 1 aliphatic carbocycles. The third kappa shape index (κ3) is 4.07. The molecule has 0 spiro atoms. The van der Waals surface area contributed by atoms with Gasteiger partial charge in [0.05, 0.1) is 0 Å². The van der Waals surface area contributed by atoms with E-state index in [0.29, 0.717) is 6.54 Å². The molecule has 0 unspecified atom stereocenters. The minimum Gasteiger partial charge on any atom is -0.312 e. The van der Waals surface area contributed by atoms with Crippen LogP contribution in [0.25, 0.3) is 0 Å². The normalized spacial score (nSPS) is 17.3. The second-order valence-corrected chi connectivity index (χ2v) is 5.79. The van der Waals surface area contributed by atoms with Crippen molar-refractivity contribution in [1.29, 1.82) is 0 Å². The standard InChI is InChI=1S/C14H19BrFN/c15-13-6-7-14(16)12(8-13)10-17-9-11-4-2-1-3-5-11/h6-8,11,17H,1-5,9-10H2. The van der Waals surface area contributed by atoms with E-state index in [2.05, 4.69) is 21.2 Å². The molecule has 1 fully saturated rings. The molecule has 1 N–H and O–H groups in total. The Morgan fingerprint density at radius 3 is 2.76 bits per heavy atom. The van der Waals surface area contributed by atoms with Crippen LogP contribution in [0.15, 0.2) is 22.7 Å². The summed E-state index contributed by atoms with van der Waals surface area (Å²) in [5.74, 6) is 0.670. The highest BCUT2D eigenvalue weighted by Gasteiger charge is 2.12. The number of nitrogens with one attached hydrogen (secondary N) is 1. The van der Waals surface area contributed by atoms with Gasteiger partial charge in [0.2, 0.25) is 0 Å². The summed E-state index contributed by atoms with van der Waals surface area (Å²) in [6.07, 6.45) is 6.76. The molecule has 0 atom stereocenters. The number of halogens is 2. The molecule has 0 heterocycles. The largest absolute Gasteiger partial charge is 0.312 e. The van der Waals surface area contributed by atoms with Crippen LogP contribution < -0.4 is 5.32 Å². The molecular formula is C14H19BrFN. The van der Waals surface area contributed by atoms with Gasteiger partial charge in [-0.25, -0.2) is 4.39 Å². The zero-order chi connectivity index (χ0) is 12.1.